The average molecular weight is 427 g/mol. The minimum atomic E-state index is 0.0735. The number of carbonyl (C=O) groups is 1. The molecule has 2 aromatic heterocycles. The van der Waals surface area contributed by atoms with Crippen LogP contribution in [-0.2, 0) is 6.54 Å². The van der Waals surface area contributed by atoms with Gasteiger partial charge in [-0.2, -0.15) is 0 Å². The predicted octanol–water partition coefficient (Wildman–Crippen LogP) is 5.47. The van der Waals surface area contributed by atoms with Crippen molar-refractivity contribution in [3.8, 4) is 16.1 Å². The highest BCUT2D eigenvalue weighted by atomic mass is 32.1. The number of thiophene rings is 1. The van der Waals surface area contributed by atoms with Crippen LogP contribution < -0.4 is 0 Å². The lowest BCUT2D eigenvalue weighted by Gasteiger charge is -2.10. The molecule has 6 heteroatoms. The number of rotatable bonds is 3. The number of aromatic nitrogens is 3. The van der Waals surface area contributed by atoms with Crippen molar-refractivity contribution < 1.29 is 4.79 Å². The molecule has 3 heterocycles. The molecule has 5 nitrogen and oxygen atoms in total. The Morgan fingerprint density at radius 1 is 0.968 bits per heavy atom. The molecule has 2 aromatic carbocycles. The van der Waals surface area contributed by atoms with Crippen LogP contribution >= 0.6 is 11.3 Å². The summed E-state index contributed by atoms with van der Waals surface area (Å²) < 4.78 is 2.14. The molecule has 0 N–H and O–H groups in total. The van der Waals surface area contributed by atoms with E-state index in [1.165, 1.54) is 10.4 Å². The summed E-state index contributed by atoms with van der Waals surface area (Å²) in [6.45, 7) is 8.39. The Morgan fingerprint density at radius 2 is 1.71 bits per heavy atom. The molecule has 5 rings (SSSR count). The molecule has 0 spiro atoms. The van der Waals surface area contributed by atoms with E-state index < -0.39 is 0 Å². The minimum Gasteiger partial charge on any atom is -0.295 e. The van der Waals surface area contributed by atoms with Crippen molar-refractivity contribution in [1.82, 2.24) is 14.8 Å². The lowest BCUT2D eigenvalue weighted by Crippen LogP contribution is -2.07. The number of aliphatic imine (C=N–C) groups is 1. The average Bonchev–Trinajstić information content (AvgIpc) is 3.22. The maximum absolute atomic E-state index is 11.7. The summed E-state index contributed by atoms with van der Waals surface area (Å²) in [6.07, 6.45) is 0. The first-order chi connectivity index (χ1) is 14.9. The molecule has 31 heavy (non-hydrogen) atoms. The molecule has 0 aliphatic carbocycles. The minimum absolute atomic E-state index is 0.0735. The molecule has 0 amide bonds. The van der Waals surface area contributed by atoms with Crippen LogP contribution in [0, 0.1) is 20.8 Å². The summed E-state index contributed by atoms with van der Waals surface area (Å²) in [5, 5.41) is 9.75. The van der Waals surface area contributed by atoms with Gasteiger partial charge in [-0.15, -0.1) is 21.5 Å². The van der Waals surface area contributed by atoms with E-state index in [1.54, 1.807) is 18.3 Å². The zero-order valence-corrected chi connectivity index (χ0v) is 18.7. The fourth-order valence-corrected chi connectivity index (χ4v) is 5.25. The van der Waals surface area contributed by atoms with Crippen LogP contribution in [0.15, 0.2) is 53.5 Å². The SMILES string of the molecule is CC(=O)c1cccc(-c2ccc(C3=NCc4nnc(C)n4-c4sc(C)c(C)c43)cc2)c1. The highest BCUT2D eigenvalue weighted by Gasteiger charge is 2.26. The Labute approximate surface area is 185 Å². The van der Waals surface area contributed by atoms with Crippen LogP contribution in [0.3, 0.4) is 0 Å². The number of hydrogen-bond donors (Lipinski definition) is 0. The van der Waals surface area contributed by atoms with Gasteiger partial charge in [0.05, 0.1) is 5.71 Å². The predicted molar refractivity (Wildman–Crippen MR) is 125 cm³/mol. The molecule has 1 aliphatic heterocycles. The summed E-state index contributed by atoms with van der Waals surface area (Å²) >= 11 is 1.76. The van der Waals surface area contributed by atoms with Crippen LogP contribution in [0.5, 0.6) is 0 Å². The fourth-order valence-electron chi connectivity index (χ4n) is 4.02. The van der Waals surface area contributed by atoms with Crippen molar-refractivity contribution >= 4 is 22.8 Å². The van der Waals surface area contributed by atoms with Crippen molar-refractivity contribution in [3.63, 3.8) is 0 Å². The number of carbonyl (C=O) groups excluding carboxylic acids is 1. The van der Waals surface area contributed by atoms with Gasteiger partial charge in [0.15, 0.2) is 11.6 Å². The number of ketones is 1. The molecule has 0 unspecified atom stereocenters. The second-order valence-electron chi connectivity index (χ2n) is 7.84. The number of nitrogens with zero attached hydrogens (tertiary/aromatic N) is 4. The molecule has 0 fully saturated rings. The molecular formula is C25H22N4OS. The normalized spacial score (nSPS) is 12.7. The first-order valence-electron chi connectivity index (χ1n) is 10.2. The van der Waals surface area contributed by atoms with Gasteiger partial charge in [0.25, 0.3) is 0 Å². The van der Waals surface area contributed by atoms with Crippen molar-refractivity contribution in [2.24, 2.45) is 4.99 Å². The second-order valence-corrected chi connectivity index (χ2v) is 9.04. The van der Waals surface area contributed by atoms with Gasteiger partial charge < -0.3 is 0 Å². The monoisotopic (exact) mass is 426 g/mol. The summed E-state index contributed by atoms with van der Waals surface area (Å²) in [5.41, 5.74) is 7.31. The lowest BCUT2D eigenvalue weighted by molar-refractivity contribution is 0.101. The molecule has 0 saturated carbocycles. The first-order valence-corrected chi connectivity index (χ1v) is 11.0. The molecule has 0 bridgehead atoms. The third-order valence-corrected chi connectivity index (χ3v) is 7.03. The van der Waals surface area contributed by atoms with Gasteiger partial charge in [-0.1, -0.05) is 42.5 Å². The zero-order chi connectivity index (χ0) is 21.7. The van der Waals surface area contributed by atoms with Gasteiger partial charge in [0.1, 0.15) is 17.4 Å². The molecule has 154 valence electrons. The van der Waals surface area contributed by atoms with Gasteiger partial charge in [-0.3, -0.25) is 14.4 Å². The van der Waals surface area contributed by atoms with E-state index in [2.05, 4.69) is 52.9 Å². The van der Waals surface area contributed by atoms with Gasteiger partial charge in [0, 0.05) is 21.6 Å². The fraction of sp³-hybridized carbons (Fsp3) is 0.200. The highest BCUT2D eigenvalue weighted by Crippen LogP contribution is 2.36. The van der Waals surface area contributed by atoms with E-state index in [1.807, 2.05) is 31.2 Å². The zero-order valence-electron chi connectivity index (χ0n) is 17.9. The van der Waals surface area contributed by atoms with Gasteiger partial charge in [-0.05, 0) is 50.5 Å². The van der Waals surface area contributed by atoms with Crippen molar-refractivity contribution in [2.75, 3.05) is 0 Å². The highest BCUT2D eigenvalue weighted by molar-refractivity contribution is 7.15. The Hall–Kier alpha value is -3.38. The molecule has 0 saturated heterocycles. The first kappa shape index (κ1) is 19.6. The third-order valence-electron chi connectivity index (χ3n) is 5.84. The van der Waals surface area contributed by atoms with E-state index in [0.29, 0.717) is 6.54 Å². The molecular weight excluding hydrogens is 404 g/mol. The number of Topliss-reactive ketones (excluding diaryl/α,β-unsaturated/α-hetero) is 1. The van der Waals surface area contributed by atoms with Crippen molar-refractivity contribution in [1.29, 1.82) is 0 Å². The van der Waals surface area contributed by atoms with Gasteiger partial charge >= 0.3 is 0 Å². The molecule has 1 aliphatic rings. The van der Waals surface area contributed by atoms with Crippen LogP contribution in [0.4, 0.5) is 0 Å². The Bertz CT molecular complexity index is 1360. The smallest absolute Gasteiger partial charge is 0.160 e. The van der Waals surface area contributed by atoms with Crippen molar-refractivity contribution in [2.45, 2.75) is 34.2 Å². The maximum atomic E-state index is 11.7. The standard InChI is InChI=1S/C25H22N4OS/c1-14-16(3)31-25-23(14)24(26-13-22-28-27-17(4)29(22)25)19-10-8-18(9-11-19)21-7-5-6-20(12-21)15(2)30/h5-12H,13H2,1-4H3. The van der Waals surface area contributed by atoms with Crippen LogP contribution in [-0.4, -0.2) is 26.3 Å². The van der Waals surface area contributed by atoms with E-state index in [-0.39, 0.29) is 5.78 Å². The summed E-state index contributed by atoms with van der Waals surface area (Å²) in [5.74, 6) is 1.83. The van der Waals surface area contributed by atoms with E-state index in [0.717, 1.165) is 50.2 Å². The maximum Gasteiger partial charge on any atom is 0.160 e. The summed E-state index contributed by atoms with van der Waals surface area (Å²) in [4.78, 5) is 18.0. The quantitative estimate of drug-likeness (QED) is 0.408. The third kappa shape index (κ3) is 3.24. The Morgan fingerprint density at radius 3 is 2.45 bits per heavy atom. The number of aryl methyl sites for hydroxylation is 2. The summed E-state index contributed by atoms with van der Waals surface area (Å²) in [7, 11) is 0. The van der Waals surface area contributed by atoms with E-state index in [9.17, 15) is 4.79 Å². The Kier molecular flexibility index (Phi) is 4.67. The molecule has 4 aromatic rings. The molecule has 0 radical (unpaired) electrons. The van der Waals surface area contributed by atoms with Crippen LogP contribution in [0.2, 0.25) is 0 Å². The van der Waals surface area contributed by atoms with Crippen molar-refractivity contribution in [3.05, 3.63) is 87.3 Å². The van der Waals surface area contributed by atoms with Crippen LogP contribution in [0.25, 0.3) is 16.1 Å². The van der Waals surface area contributed by atoms with E-state index >= 15 is 0 Å². The number of fused-ring (bicyclic) bond motifs is 3. The topological polar surface area (TPSA) is 60.1 Å². The van der Waals surface area contributed by atoms with Gasteiger partial charge in [-0.25, -0.2) is 0 Å². The van der Waals surface area contributed by atoms with E-state index in [4.69, 9.17) is 4.99 Å². The van der Waals surface area contributed by atoms with Gasteiger partial charge in [0.2, 0.25) is 0 Å². The lowest BCUT2D eigenvalue weighted by atomic mass is 9.96. The molecule has 0 atom stereocenters. The van der Waals surface area contributed by atoms with Crippen LogP contribution in [0.1, 0.15) is 50.5 Å². The Balaban J connectivity index is 1.59. The second kappa shape index (κ2) is 7.39. The summed E-state index contributed by atoms with van der Waals surface area (Å²) in [6, 6.07) is 16.2. The number of benzene rings is 2. The largest absolute Gasteiger partial charge is 0.295 e. The number of hydrogen-bond acceptors (Lipinski definition) is 5.